The van der Waals surface area contributed by atoms with Gasteiger partial charge in [0.2, 0.25) is 0 Å². The lowest BCUT2D eigenvalue weighted by molar-refractivity contribution is -0.122. The number of aliphatic hydroxyl groups excluding tert-OH is 1. The molecule has 2 radical (unpaired) electrons. The van der Waals surface area contributed by atoms with Crippen molar-refractivity contribution in [1.29, 1.82) is 0 Å². The first kappa shape index (κ1) is 20.5. The molecule has 0 amide bonds. The van der Waals surface area contributed by atoms with Crippen LogP contribution in [0.3, 0.4) is 0 Å². The van der Waals surface area contributed by atoms with Crippen molar-refractivity contribution in [3.05, 3.63) is 29.8 Å². The van der Waals surface area contributed by atoms with Crippen molar-refractivity contribution in [2.24, 2.45) is 0 Å². The molecule has 1 N–H and O–H groups in total. The third-order valence-corrected chi connectivity index (χ3v) is 4.84. The zero-order valence-corrected chi connectivity index (χ0v) is 15.2. The first-order chi connectivity index (χ1) is 10.8. The molecule has 0 heterocycles. The molecule has 0 aromatic heterocycles. The van der Waals surface area contributed by atoms with E-state index in [1.807, 2.05) is 6.92 Å². The highest BCUT2D eigenvalue weighted by Gasteiger charge is 2.31. The van der Waals surface area contributed by atoms with Gasteiger partial charge >= 0.3 is 0 Å². The molecule has 23 heavy (non-hydrogen) atoms. The third-order valence-electron chi connectivity index (χ3n) is 3.38. The first-order valence-corrected chi connectivity index (χ1v) is 8.98. The largest absolute Gasteiger partial charge is 0.393 e. The molecule has 0 spiro atoms. The van der Waals surface area contributed by atoms with Gasteiger partial charge in [0, 0.05) is 15.5 Å². The number of hydrogen-bond donors (Lipinski definition) is 1. The highest BCUT2D eigenvalue weighted by Crippen LogP contribution is 2.20. The quantitative estimate of drug-likeness (QED) is 0.383. The summed E-state index contributed by atoms with van der Waals surface area (Å²) in [5.74, 6) is 0. The van der Waals surface area contributed by atoms with Crippen LogP contribution in [0.25, 0.3) is 0 Å². The number of aliphatic hydroxyl groups is 1. The van der Waals surface area contributed by atoms with Crippen molar-refractivity contribution in [1.82, 2.24) is 0 Å². The summed E-state index contributed by atoms with van der Waals surface area (Å²) in [5, 5.41) is 9.46. The normalized spacial score (nSPS) is 16.0. The Bertz CT molecular complexity index is 573. The molecule has 1 aromatic carbocycles. The van der Waals surface area contributed by atoms with Gasteiger partial charge in [-0.05, 0) is 25.5 Å². The average molecular weight is 360 g/mol. The van der Waals surface area contributed by atoms with Gasteiger partial charge in [0.1, 0.15) is 13.4 Å². The second-order valence-electron chi connectivity index (χ2n) is 5.21. The van der Waals surface area contributed by atoms with E-state index in [2.05, 4.69) is 9.47 Å². The van der Waals surface area contributed by atoms with Crippen molar-refractivity contribution >= 4 is 27.4 Å². The number of rotatable bonds is 10. The second kappa shape index (κ2) is 9.11. The van der Waals surface area contributed by atoms with Gasteiger partial charge in [-0.15, -0.1) is 0 Å². The summed E-state index contributed by atoms with van der Waals surface area (Å²) in [6.45, 7) is 3.08. The zero-order valence-electron chi connectivity index (χ0n) is 13.3. The lowest BCUT2D eigenvalue weighted by Crippen LogP contribution is -2.45. The summed E-state index contributed by atoms with van der Waals surface area (Å²) in [6.07, 6.45) is 0.441. The van der Waals surface area contributed by atoms with Crippen LogP contribution in [0, 0.1) is 6.92 Å². The van der Waals surface area contributed by atoms with E-state index in [-0.39, 0.29) is 24.7 Å². The van der Waals surface area contributed by atoms with Crippen molar-refractivity contribution in [3.8, 4) is 0 Å². The smallest absolute Gasteiger partial charge is 0.297 e. The van der Waals surface area contributed by atoms with Gasteiger partial charge in [0.05, 0.1) is 24.7 Å². The summed E-state index contributed by atoms with van der Waals surface area (Å²) in [5.41, 5.74) is -0.0601. The van der Waals surface area contributed by atoms with Crippen molar-refractivity contribution in [2.45, 2.75) is 36.8 Å². The van der Waals surface area contributed by atoms with Crippen LogP contribution in [0.1, 0.15) is 18.9 Å². The molecule has 1 unspecified atom stereocenters. The van der Waals surface area contributed by atoms with Gasteiger partial charge in [-0.25, -0.2) is 0 Å². The predicted octanol–water partition coefficient (Wildman–Crippen LogP) is 1.16. The van der Waals surface area contributed by atoms with Crippen molar-refractivity contribution in [3.63, 3.8) is 0 Å². The highest BCUT2D eigenvalue weighted by molar-refractivity contribution is 7.86. The topological polar surface area (TPSA) is 82.1 Å². The van der Waals surface area contributed by atoms with Crippen LogP contribution in [0.15, 0.2) is 29.2 Å². The third kappa shape index (κ3) is 6.14. The van der Waals surface area contributed by atoms with Gasteiger partial charge in [-0.3, -0.25) is 4.18 Å². The Hall–Kier alpha value is -0.495. The summed E-state index contributed by atoms with van der Waals surface area (Å²) >= 11 is 0. The molecule has 3 atom stereocenters. The van der Waals surface area contributed by atoms with Crippen LogP contribution >= 0.6 is 9.47 Å². The molecule has 0 saturated heterocycles. The van der Waals surface area contributed by atoms with Crippen LogP contribution in [0.4, 0.5) is 0 Å². The maximum absolute atomic E-state index is 12.1. The summed E-state index contributed by atoms with van der Waals surface area (Å²) in [4.78, 5) is 0.0486. The van der Waals surface area contributed by atoms with Gasteiger partial charge < -0.3 is 14.4 Å². The molecule has 1 aromatic rings. The molecular formula is C14H22BO6PS. The van der Waals surface area contributed by atoms with E-state index in [4.69, 9.17) is 21.3 Å². The Kier molecular flexibility index (Phi) is 8.14. The fraction of sp³-hybridized carbons (Fsp3) is 0.571. The summed E-state index contributed by atoms with van der Waals surface area (Å²) in [6, 6.07) is 5.25. The molecule has 0 aliphatic rings. The molecule has 1 rings (SSSR count). The predicted molar refractivity (Wildman–Crippen MR) is 90.7 cm³/mol. The number of aryl methyl sites for hydroxylation is 1. The minimum Gasteiger partial charge on any atom is -0.393 e. The maximum Gasteiger partial charge on any atom is 0.297 e. The lowest BCUT2D eigenvalue weighted by Gasteiger charge is -2.33. The molecule has 0 saturated carbocycles. The van der Waals surface area contributed by atoms with Crippen LogP contribution in [0.5, 0.6) is 0 Å². The Morgan fingerprint density at radius 2 is 1.96 bits per heavy atom. The molecule has 0 aliphatic heterocycles. The van der Waals surface area contributed by atoms with Crippen LogP contribution in [-0.2, 0) is 23.6 Å². The van der Waals surface area contributed by atoms with Crippen LogP contribution in [-0.4, -0.2) is 52.8 Å². The Balaban J connectivity index is 2.67. The van der Waals surface area contributed by atoms with Crippen molar-refractivity contribution in [2.75, 3.05) is 19.8 Å². The zero-order chi connectivity index (χ0) is 17.5. The molecule has 0 bridgehead atoms. The fourth-order valence-corrected chi connectivity index (χ4v) is 3.07. The van der Waals surface area contributed by atoms with E-state index in [9.17, 15) is 13.5 Å². The summed E-state index contributed by atoms with van der Waals surface area (Å²) < 4.78 is 39.5. The highest BCUT2D eigenvalue weighted by atomic mass is 32.2. The fourth-order valence-electron chi connectivity index (χ4n) is 1.85. The van der Waals surface area contributed by atoms with E-state index in [0.29, 0.717) is 6.42 Å². The minimum atomic E-state index is -3.91. The lowest BCUT2D eigenvalue weighted by atomic mass is 9.97. The summed E-state index contributed by atoms with van der Waals surface area (Å²) in [7, 11) is 3.92. The monoisotopic (exact) mass is 360 g/mol. The molecule has 0 fully saturated rings. The Labute approximate surface area is 141 Å². The number of hydrogen-bond acceptors (Lipinski definition) is 6. The number of ether oxygens (including phenoxy) is 1. The first-order valence-electron chi connectivity index (χ1n) is 7.10. The number of benzene rings is 1. The van der Waals surface area contributed by atoms with E-state index in [1.54, 1.807) is 19.1 Å². The van der Waals surface area contributed by atoms with Crippen molar-refractivity contribution < 1.29 is 27.0 Å². The average Bonchev–Trinajstić information content (AvgIpc) is 2.53. The minimum absolute atomic E-state index is 0.0486. The maximum atomic E-state index is 12.1. The van der Waals surface area contributed by atoms with Gasteiger partial charge in [-0.2, -0.15) is 8.42 Å². The van der Waals surface area contributed by atoms with Crippen LogP contribution in [0.2, 0.25) is 0 Å². The molecule has 128 valence electrons. The van der Waals surface area contributed by atoms with Crippen LogP contribution < -0.4 is 0 Å². The SMILES string of the molecule is [B][C@@H](COS(=O)(=O)c1ccc(C)cc1)O[C@@](CC)(CO)COP. The van der Waals surface area contributed by atoms with E-state index >= 15 is 0 Å². The van der Waals surface area contributed by atoms with E-state index in [1.165, 1.54) is 12.1 Å². The standard InChI is InChI=1S/C14H22BO6PS/c1-3-14(9-16,10-19-22)21-13(15)8-20-23(17,18)12-6-4-11(2)5-7-12/h4-7,13,16H,3,8-10,22H2,1-2H3/t13-,14+/m1/s1. The Morgan fingerprint density at radius 1 is 1.35 bits per heavy atom. The molecule has 0 aliphatic carbocycles. The van der Waals surface area contributed by atoms with Gasteiger partial charge in [0.15, 0.2) is 0 Å². The van der Waals surface area contributed by atoms with Gasteiger partial charge in [0.25, 0.3) is 10.1 Å². The second-order valence-corrected chi connectivity index (χ2v) is 7.16. The van der Waals surface area contributed by atoms with E-state index < -0.39 is 21.7 Å². The molecule has 9 heteroatoms. The molecular weight excluding hydrogens is 338 g/mol. The van der Waals surface area contributed by atoms with E-state index in [0.717, 1.165) is 5.56 Å². The Morgan fingerprint density at radius 3 is 2.43 bits per heavy atom. The van der Waals surface area contributed by atoms with Gasteiger partial charge in [-0.1, -0.05) is 24.6 Å². The molecule has 6 nitrogen and oxygen atoms in total.